The van der Waals surface area contributed by atoms with Crippen LogP contribution in [0.25, 0.3) is 0 Å². The van der Waals surface area contributed by atoms with E-state index in [1.807, 2.05) is 6.92 Å². The lowest BCUT2D eigenvalue weighted by Gasteiger charge is -2.67. The lowest BCUT2D eigenvalue weighted by molar-refractivity contribution is -0.332. The lowest BCUT2D eigenvalue weighted by atomic mass is 9.45. The van der Waals surface area contributed by atoms with Gasteiger partial charge in [-0.25, -0.2) is 4.79 Å². The zero-order valence-electron chi connectivity index (χ0n) is 32.0. The fraction of sp³-hybridized carbons (Fsp3) is 0.889. The van der Waals surface area contributed by atoms with Crippen molar-refractivity contribution in [1.82, 2.24) is 0 Å². The van der Waals surface area contributed by atoms with E-state index in [2.05, 4.69) is 82.0 Å². The largest absolute Gasteiger partial charge is 0.509 e. The quantitative estimate of drug-likeness (QED) is 0.123. The van der Waals surface area contributed by atoms with E-state index in [9.17, 15) is 9.90 Å². The van der Waals surface area contributed by atoms with Crippen LogP contribution < -0.4 is 0 Å². The highest BCUT2D eigenvalue weighted by molar-refractivity contribution is 6.74. The second-order valence-electron chi connectivity index (χ2n) is 17.2. The summed E-state index contributed by atoms with van der Waals surface area (Å²) in [5.41, 5.74) is -2.94. The van der Waals surface area contributed by atoms with E-state index < -0.39 is 89.6 Å². The van der Waals surface area contributed by atoms with Crippen LogP contribution in [-0.4, -0.2) is 90.3 Å². The average Bonchev–Trinajstić information content (AvgIpc) is 3.35. The summed E-state index contributed by atoms with van der Waals surface area (Å²) in [6.07, 6.45) is -3.34. The Morgan fingerprint density at radius 3 is 1.88 bits per heavy atom. The molecule has 2 saturated heterocycles. The van der Waals surface area contributed by atoms with E-state index in [0.717, 1.165) is 47.4 Å². The zero-order chi connectivity index (χ0) is 35.9. The Morgan fingerprint density at radius 1 is 0.854 bits per heavy atom. The van der Waals surface area contributed by atoms with Gasteiger partial charge in [0.05, 0.1) is 30.3 Å². The van der Waals surface area contributed by atoms with Gasteiger partial charge >= 0.3 is 6.16 Å². The molecule has 4 fully saturated rings. The molecule has 0 aromatic rings. The normalized spacial score (nSPS) is 39.4. The maximum Gasteiger partial charge on any atom is 0.509 e. The molecule has 9 atom stereocenters. The maximum absolute atomic E-state index is 16.1. The number of ketones is 1. The third kappa shape index (κ3) is 5.44. The first-order valence-electron chi connectivity index (χ1n) is 18.8. The molecule has 0 unspecified atom stereocenters. The number of ether oxygens (including phenoxy) is 3. The summed E-state index contributed by atoms with van der Waals surface area (Å²) in [5.74, 6) is -0.917. The molecule has 2 heterocycles. The molecular weight excluding hydrogens is 661 g/mol. The Balaban J connectivity index is 1.86. The SMILES string of the molecule is CC[Si](CC)(CC)O[C@H]1C(=O)[C@]2(C)[C@@H](O[Si](CC)(CC)CC)C[C@H]3OC[C@@]3(O)[C@H]2[C@@H]2OC(=O)O[C@]23C[C@H](O[Si](C)(C)C)C(C)=C1C3(C)C. The number of hydrogen-bond donors (Lipinski definition) is 1. The van der Waals surface area contributed by atoms with Gasteiger partial charge in [0, 0.05) is 24.2 Å². The molecule has 9 nitrogen and oxygen atoms in total. The number of carbonyl (C=O) groups excluding carboxylic acids is 2. The third-order valence-electron chi connectivity index (χ3n) is 13.9. The van der Waals surface area contributed by atoms with Crippen LogP contribution in [0.2, 0.25) is 55.9 Å². The Hall–Kier alpha value is -0.869. The summed E-state index contributed by atoms with van der Waals surface area (Å²) >= 11 is 0. The molecule has 0 amide bonds. The molecule has 274 valence electrons. The van der Waals surface area contributed by atoms with E-state index in [0.29, 0.717) is 12.8 Å². The molecule has 2 aliphatic heterocycles. The van der Waals surface area contributed by atoms with Gasteiger partial charge in [-0.05, 0) is 80.9 Å². The van der Waals surface area contributed by atoms with E-state index in [4.69, 9.17) is 27.5 Å². The molecule has 1 N–H and O–H groups in total. The van der Waals surface area contributed by atoms with Crippen LogP contribution >= 0.6 is 0 Å². The van der Waals surface area contributed by atoms with E-state index in [1.54, 1.807) is 0 Å². The maximum atomic E-state index is 16.1. The van der Waals surface area contributed by atoms with E-state index in [-0.39, 0.29) is 12.4 Å². The number of aliphatic hydroxyl groups is 1. The van der Waals surface area contributed by atoms with E-state index in [1.165, 1.54) is 0 Å². The van der Waals surface area contributed by atoms with Crippen molar-refractivity contribution in [3.05, 3.63) is 11.1 Å². The van der Waals surface area contributed by atoms with Crippen molar-refractivity contribution in [2.75, 3.05) is 6.61 Å². The second-order valence-corrected chi connectivity index (χ2v) is 31.1. The van der Waals surface area contributed by atoms with Crippen LogP contribution in [0.4, 0.5) is 4.79 Å². The molecule has 3 aliphatic carbocycles. The Bertz CT molecular complexity index is 1290. The topological polar surface area (TPSA) is 110 Å². The fourth-order valence-corrected chi connectivity index (χ4v) is 17.1. The predicted molar refractivity (Wildman–Crippen MR) is 193 cm³/mol. The minimum absolute atomic E-state index is 0.0556. The first kappa shape index (κ1) is 38.4. The molecule has 48 heavy (non-hydrogen) atoms. The predicted octanol–water partition coefficient (Wildman–Crippen LogP) is 7.75. The standard InChI is InChI=1S/C36H64O9Si3/c1-14-47(15-2,16-3)44-25-20-26-35(39,22-40-26)29-31-36(42-32(38)41-31)21-24(43-46(11,12)13)23(7)27(33(36,8)9)28(30(37)34(25,29)10)45-48(17-4,18-5)19-6/h24-26,28-29,31,39H,14-22H2,1-13H3/t24-,25-,26+,28+,29-,31-,34+,35-,36+/m0/s1. The zero-order valence-corrected chi connectivity index (χ0v) is 35.0. The van der Waals surface area contributed by atoms with Crippen LogP contribution in [0, 0.1) is 16.7 Å². The molecule has 1 spiro atoms. The molecule has 5 rings (SSSR count). The van der Waals surface area contributed by atoms with Crippen LogP contribution in [-0.2, 0) is 32.3 Å². The minimum atomic E-state index is -2.41. The highest BCUT2D eigenvalue weighted by atomic mass is 28.4. The van der Waals surface area contributed by atoms with Crippen molar-refractivity contribution in [2.45, 2.75) is 180 Å². The molecule has 0 aromatic carbocycles. The lowest BCUT2D eigenvalue weighted by Crippen LogP contribution is -2.81. The summed E-state index contributed by atoms with van der Waals surface area (Å²) in [7, 11) is -6.81. The van der Waals surface area contributed by atoms with Crippen LogP contribution in [0.15, 0.2) is 11.1 Å². The molecule has 2 saturated carbocycles. The van der Waals surface area contributed by atoms with Crippen molar-refractivity contribution < 1.29 is 42.2 Å². The van der Waals surface area contributed by atoms with Crippen molar-refractivity contribution in [3.8, 4) is 0 Å². The van der Waals surface area contributed by atoms with Gasteiger partial charge in [0.15, 0.2) is 42.4 Å². The highest BCUT2D eigenvalue weighted by Gasteiger charge is 2.79. The van der Waals surface area contributed by atoms with Gasteiger partial charge in [0.2, 0.25) is 0 Å². The van der Waals surface area contributed by atoms with Gasteiger partial charge in [-0.3, -0.25) is 4.79 Å². The first-order valence-corrected chi connectivity index (χ1v) is 27.2. The fourth-order valence-electron chi connectivity index (χ4n) is 10.3. The number of fused-ring (bicyclic) bond motifs is 5. The van der Waals surface area contributed by atoms with Gasteiger partial charge in [-0.2, -0.15) is 0 Å². The minimum Gasteiger partial charge on any atom is -0.426 e. The van der Waals surface area contributed by atoms with Crippen LogP contribution in [0.3, 0.4) is 0 Å². The molecule has 2 bridgehead atoms. The van der Waals surface area contributed by atoms with Crippen molar-refractivity contribution in [3.63, 3.8) is 0 Å². The van der Waals surface area contributed by atoms with Crippen molar-refractivity contribution in [1.29, 1.82) is 0 Å². The van der Waals surface area contributed by atoms with Gasteiger partial charge in [-0.15, -0.1) is 0 Å². The molecule has 0 aromatic heterocycles. The molecule has 0 radical (unpaired) electrons. The van der Waals surface area contributed by atoms with Crippen molar-refractivity contribution >= 4 is 36.9 Å². The Kier molecular flexibility index (Phi) is 10.1. The number of hydrogen-bond acceptors (Lipinski definition) is 9. The van der Waals surface area contributed by atoms with Gasteiger partial charge in [0.25, 0.3) is 0 Å². The second kappa shape index (κ2) is 12.7. The van der Waals surface area contributed by atoms with Crippen LogP contribution in [0.1, 0.15) is 82.1 Å². The summed E-state index contributed by atoms with van der Waals surface area (Å²) in [5, 5.41) is 12.7. The summed E-state index contributed by atoms with van der Waals surface area (Å²) in [4.78, 5) is 29.7. The van der Waals surface area contributed by atoms with Gasteiger partial charge in [0.1, 0.15) is 11.7 Å². The summed E-state index contributed by atoms with van der Waals surface area (Å²) < 4.78 is 40.6. The molecule has 5 aliphatic rings. The van der Waals surface area contributed by atoms with Gasteiger partial charge in [-0.1, -0.05) is 55.4 Å². The molecular formula is C36H64O9Si3. The molecule has 12 heteroatoms. The Morgan fingerprint density at radius 2 is 1.40 bits per heavy atom. The smallest absolute Gasteiger partial charge is 0.426 e. The number of rotatable bonds is 12. The van der Waals surface area contributed by atoms with Gasteiger partial charge < -0.3 is 32.6 Å². The Labute approximate surface area is 292 Å². The van der Waals surface area contributed by atoms with Crippen LogP contribution in [0.5, 0.6) is 0 Å². The van der Waals surface area contributed by atoms with E-state index >= 15 is 4.79 Å². The third-order valence-corrected chi connectivity index (χ3v) is 24.1. The first-order chi connectivity index (χ1) is 22.2. The number of carbonyl (C=O) groups is 2. The summed E-state index contributed by atoms with van der Waals surface area (Å²) in [6, 6.07) is 5.35. The summed E-state index contributed by atoms with van der Waals surface area (Å²) in [6.45, 7) is 27.8. The highest BCUT2D eigenvalue weighted by Crippen LogP contribution is 2.66. The van der Waals surface area contributed by atoms with Crippen molar-refractivity contribution in [2.24, 2.45) is 16.7 Å². The monoisotopic (exact) mass is 724 g/mol. The number of Topliss-reactive ketones (excluding diaryl/α,β-unsaturated/α-hetero) is 1. The average molecular weight is 725 g/mol.